The van der Waals surface area contributed by atoms with Crippen LogP contribution in [-0.2, 0) is 4.79 Å². The maximum Gasteiger partial charge on any atom is 0.267 e. The summed E-state index contributed by atoms with van der Waals surface area (Å²) in [4.78, 5) is 14.7. The van der Waals surface area contributed by atoms with Gasteiger partial charge in [0.2, 0.25) is 0 Å². The number of anilines is 1. The molecule has 3 nitrogen and oxygen atoms in total. The van der Waals surface area contributed by atoms with E-state index in [1.807, 2.05) is 60.7 Å². The number of amides is 1. The van der Waals surface area contributed by atoms with Crippen LogP contribution in [0.2, 0.25) is 0 Å². The lowest BCUT2D eigenvalue weighted by Crippen LogP contribution is -2.33. The first kappa shape index (κ1) is 16.2. The molecule has 2 aromatic rings. The molecule has 1 amide bonds. The fraction of sp³-hybridized carbons (Fsp3) is 0.0588. The molecule has 116 valence electrons. The molecular weight excluding hydrogens is 392 g/mol. The molecule has 0 spiro atoms. The summed E-state index contributed by atoms with van der Waals surface area (Å²) in [7, 11) is 0. The van der Waals surface area contributed by atoms with Gasteiger partial charge in [0, 0.05) is 10.2 Å². The number of carbonyl (C=O) groups is 1. The van der Waals surface area contributed by atoms with Crippen LogP contribution in [0.25, 0.3) is 6.08 Å². The third-order valence-electron chi connectivity index (χ3n) is 3.26. The molecule has 1 fully saturated rings. The summed E-state index contributed by atoms with van der Waals surface area (Å²) in [5.41, 5.74) is 1.93. The van der Waals surface area contributed by atoms with Crippen LogP contribution in [0.5, 0.6) is 0 Å². The maximum atomic E-state index is 12.5. The van der Waals surface area contributed by atoms with Crippen molar-refractivity contribution in [2.24, 2.45) is 0 Å². The van der Waals surface area contributed by atoms with E-state index in [2.05, 4.69) is 21.2 Å². The molecule has 0 aliphatic carbocycles. The van der Waals surface area contributed by atoms with E-state index in [1.165, 1.54) is 11.8 Å². The first-order chi connectivity index (χ1) is 11.1. The average Bonchev–Trinajstić information content (AvgIpc) is 2.82. The Balaban J connectivity index is 1.69. The largest absolute Gasteiger partial charge is 0.367 e. The zero-order valence-corrected chi connectivity index (χ0v) is 15.2. The van der Waals surface area contributed by atoms with E-state index in [1.54, 1.807) is 4.90 Å². The highest BCUT2D eigenvalue weighted by Crippen LogP contribution is 2.32. The van der Waals surface area contributed by atoms with Gasteiger partial charge in [-0.15, -0.1) is 0 Å². The van der Waals surface area contributed by atoms with Crippen molar-refractivity contribution in [1.82, 2.24) is 4.90 Å². The van der Waals surface area contributed by atoms with E-state index in [4.69, 9.17) is 12.2 Å². The first-order valence-electron chi connectivity index (χ1n) is 6.93. The van der Waals surface area contributed by atoms with E-state index < -0.39 is 0 Å². The first-order valence-corrected chi connectivity index (χ1v) is 8.95. The predicted molar refractivity (Wildman–Crippen MR) is 104 cm³/mol. The van der Waals surface area contributed by atoms with Gasteiger partial charge in [0.25, 0.3) is 5.91 Å². The highest BCUT2D eigenvalue weighted by molar-refractivity contribution is 9.10. The van der Waals surface area contributed by atoms with Crippen molar-refractivity contribution in [2.45, 2.75) is 0 Å². The molecule has 1 aliphatic rings. The average molecular weight is 405 g/mol. The molecule has 1 heterocycles. The van der Waals surface area contributed by atoms with Gasteiger partial charge >= 0.3 is 0 Å². The minimum Gasteiger partial charge on any atom is -0.367 e. The summed E-state index contributed by atoms with van der Waals surface area (Å²) in [6.07, 6.45) is 1.87. The Hall–Kier alpha value is -1.63. The van der Waals surface area contributed by atoms with Crippen LogP contribution in [0.15, 0.2) is 64.0 Å². The van der Waals surface area contributed by atoms with Crippen molar-refractivity contribution in [2.75, 3.05) is 12.0 Å². The number of nitrogens with zero attached hydrogens (tertiary/aromatic N) is 1. The van der Waals surface area contributed by atoms with Crippen molar-refractivity contribution in [3.63, 3.8) is 0 Å². The molecule has 23 heavy (non-hydrogen) atoms. The van der Waals surface area contributed by atoms with Crippen LogP contribution in [-0.4, -0.2) is 21.8 Å². The van der Waals surface area contributed by atoms with Crippen LogP contribution < -0.4 is 5.32 Å². The molecule has 0 atom stereocenters. The summed E-state index contributed by atoms with van der Waals surface area (Å²) in [6.45, 7) is 0.360. The Labute approximate surface area is 152 Å². The van der Waals surface area contributed by atoms with Gasteiger partial charge in [0.1, 0.15) is 4.32 Å². The number of nitrogens with one attached hydrogen (secondary N) is 1. The molecule has 2 aromatic carbocycles. The van der Waals surface area contributed by atoms with Crippen molar-refractivity contribution in [3.05, 3.63) is 69.5 Å². The molecule has 1 aliphatic heterocycles. The maximum absolute atomic E-state index is 12.5. The molecule has 0 saturated carbocycles. The van der Waals surface area contributed by atoms with Gasteiger partial charge < -0.3 is 5.32 Å². The quantitative estimate of drug-likeness (QED) is 0.590. The fourth-order valence-electron chi connectivity index (χ4n) is 2.08. The minimum atomic E-state index is -0.0616. The lowest BCUT2D eigenvalue weighted by molar-refractivity contribution is -0.121. The highest BCUT2D eigenvalue weighted by Gasteiger charge is 2.31. The van der Waals surface area contributed by atoms with Crippen molar-refractivity contribution < 1.29 is 4.79 Å². The van der Waals surface area contributed by atoms with E-state index >= 15 is 0 Å². The van der Waals surface area contributed by atoms with Gasteiger partial charge in [-0.25, -0.2) is 0 Å². The molecule has 1 saturated heterocycles. The Morgan fingerprint density at radius 2 is 1.83 bits per heavy atom. The lowest BCUT2D eigenvalue weighted by atomic mass is 10.2. The van der Waals surface area contributed by atoms with E-state index in [0.29, 0.717) is 15.9 Å². The molecule has 0 aromatic heterocycles. The third-order valence-corrected chi connectivity index (χ3v) is 5.16. The zero-order valence-electron chi connectivity index (χ0n) is 12.0. The Morgan fingerprint density at radius 3 is 2.52 bits per heavy atom. The summed E-state index contributed by atoms with van der Waals surface area (Å²) in [5.74, 6) is -0.0616. The molecule has 1 N–H and O–H groups in total. The summed E-state index contributed by atoms with van der Waals surface area (Å²) >= 11 is 10.1. The van der Waals surface area contributed by atoms with Crippen LogP contribution in [0.4, 0.5) is 5.69 Å². The summed E-state index contributed by atoms with van der Waals surface area (Å²) in [6, 6.07) is 17.6. The van der Waals surface area contributed by atoms with Gasteiger partial charge in [-0.05, 0) is 35.9 Å². The van der Waals surface area contributed by atoms with Crippen LogP contribution in [0, 0.1) is 0 Å². The van der Waals surface area contributed by atoms with Crippen molar-refractivity contribution in [1.29, 1.82) is 0 Å². The smallest absolute Gasteiger partial charge is 0.267 e. The summed E-state index contributed by atoms with van der Waals surface area (Å²) in [5, 5.41) is 3.22. The molecule has 6 heteroatoms. The number of rotatable bonds is 4. The van der Waals surface area contributed by atoms with Crippen LogP contribution >= 0.6 is 39.9 Å². The summed E-state index contributed by atoms with van der Waals surface area (Å²) < 4.78 is 1.58. The molecule has 0 bridgehead atoms. The molecule has 0 radical (unpaired) electrons. The Kier molecular flexibility index (Phi) is 5.15. The Bertz CT molecular complexity index is 760. The van der Waals surface area contributed by atoms with E-state index in [0.717, 1.165) is 15.7 Å². The Morgan fingerprint density at radius 1 is 1.13 bits per heavy atom. The second-order valence-electron chi connectivity index (χ2n) is 4.86. The zero-order chi connectivity index (χ0) is 16.2. The van der Waals surface area contributed by atoms with Gasteiger partial charge in [0.15, 0.2) is 0 Å². The van der Waals surface area contributed by atoms with E-state index in [-0.39, 0.29) is 5.91 Å². The van der Waals surface area contributed by atoms with Crippen molar-refractivity contribution in [3.8, 4) is 0 Å². The predicted octanol–water partition coefficient (Wildman–Crippen LogP) is 4.72. The number of hydrogen-bond donors (Lipinski definition) is 1. The van der Waals surface area contributed by atoms with Gasteiger partial charge in [-0.2, -0.15) is 0 Å². The topological polar surface area (TPSA) is 32.3 Å². The number of benzene rings is 2. The van der Waals surface area contributed by atoms with Crippen LogP contribution in [0.3, 0.4) is 0 Å². The number of halogens is 1. The highest BCUT2D eigenvalue weighted by atomic mass is 79.9. The minimum absolute atomic E-state index is 0.0616. The lowest BCUT2D eigenvalue weighted by Gasteiger charge is -2.16. The fourth-order valence-corrected chi connectivity index (χ4v) is 3.59. The van der Waals surface area contributed by atoms with Crippen LogP contribution in [0.1, 0.15) is 5.56 Å². The van der Waals surface area contributed by atoms with Gasteiger partial charge in [-0.3, -0.25) is 9.69 Å². The second-order valence-corrected chi connectivity index (χ2v) is 7.45. The normalized spacial score (nSPS) is 16.2. The standard InChI is InChI=1S/C17H13BrN2OS2/c18-13-6-8-14(9-7-13)19-11-20-16(21)15(23-17(20)22)10-12-4-2-1-3-5-12/h1-10,19H,11H2/b15-10-. The molecule has 0 unspecified atom stereocenters. The number of thioether (sulfide) groups is 1. The SMILES string of the molecule is O=C1/C(=C/c2ccccc2)SC(=S)N1CNc1ccc(Br)cc1. The number of carbonyl (C=O) groups excluding carboxylic acids is 1. The van der Waals surface area contributed by atoms with Crippen molar-refractivity contribution >= 4 is 61.9 Å². The van der Waals surface area contributed by atoms with Gasteiger partial charge in [0.05, 0.1) is 11.6 Å². The number of thiocarbonyl (C=S) groups is 1. The third kappa shape index (κ3) is 4.02. The molecule has 3 rings (SSSR count). The second kappa shape index (κ2) is 7.29. The molecular formula is C17H13BrN2OS2. The van der Waals surface area contributed by atoms with E-state index in [9.17, 15) is 4.79 Å². The van der Waals surface area contributed by atoms with Gasteiger partial charge in [-0.1, -0.05) is 70.2 Å². The monoisotopic (exact) mass is 404 g/mol. The number of hydrogen-bond acceptors (Lipinski definition) is 4.